The molecule has 0 aliphatic heterocycles. The number of aryl methyl sites for hydroxylation is 1. The fraction of sp³-hybridized carbons (Fsp3) is 0.583. The standard InChI is InChI=1S/C12H16F3N3O3/c1-8-5-16-10(9(2)11(8)18(20)21)6-17(3-4-19)7-12(13,14)15/h5,19H,3-4,6-7H2,1-2H3. The first-order valence-electron chi connectivity index (χ1n) is 6.15. The van der Waals surface area contributed by atoms with Gasteiger partial charge < -0.3 is 5.11 Å². The van der Waals surface area contributed by atoms with Crippen LogP contribution in [0.4, 0.5) is 18.9 Å². The number of hydrogen-bond donors (Lipinski definition) is 1. The summed E-state index contributed by atoms with van der Waals surface area (Å²) in [6.45, 7) is 0.913. The normalized spacial score (nSPS) is 12.0. The lowest BCUT2D eigenvalue weighted by Crippen LogP contribution is -2.36. The second-order valence-corrected chi connectivity index (χ2v) is 4.67. The van der Waals surface area contributed by atoms with E-state index in [0.29, 0.717) is 5.56 Å². The van der Waals surface area contributed by atoms with E-state index < -0.39 is 24.3 Å². The summed E-state index contributed by atoms with van der Waals surface area (Å²) in [5, 5.41) is 19.8. The Bertz CT molecular complexity index is 520. The number of hydrogen-bond acceptors (Lipinski definition) is 5. The van der Waals surface area contributed by atoms with E-state index in [0.717, 1.165) is 4.90 Å². The summed E-state index contributed by atoms with van der Waals surface area (Å²) in [5.41, 5.74) is 0.650. The lowest BCUT2D eigenvalue weighted by Gasteiger charge is -2.23. The largest absolute Gasteiger partial charge is 0.401 e. The van der Waals surface area contributed by atoms with Crippen LogP contribution in [-0.4, -0.2) is 45.8 Å². The van der Waals surface area contributed by atoms with Gasteiger partial charge in [0.25, 0.3) is 5.69 Å². The van der Waals surface area contributed by atoms with Gasteiger partial charge in [-0.2, -0.15) is 13.2 Å². The summed E-state index contributed by atoms with van der Waals surface area (Å²) in [4.78, 5) is 15.3. The summed E-state index contributed by atoms with van der Waals surface area (Å²) in [7, 11) is 0. The van der Waals surface area contributed by atoms with Crippen molar-refractivity contribution >= 4 is 5.69 Å². The first-order chi connectivity index (χ1) is 9.65. The molecule has 0 aliphatic carbocycles. The third kappa shape index (κ3) is 4.94. The average Bonchev–Trinajstić information content (AvgIpc) is 2.30. The fourth-order valence-corrected chi connectivity index (χ4v) is 2.03. The van der Waals surface area contributed by atoms with E-state index in [4.69, 9.17) is 5.11 Å². The van der Waals surface area contributed by atoms with Crippen molar-refractivity contribution in [3.63, 3.8) is 0 Å². The van der Waals surface area contributed by atoms with Crippen molar-refractivity contribution in [3.05, 3.63) is 33.1 Å². The molecule has 0 radical (unpaired) electrons. The van der Waals surface area contributed by atoms with Crippen molar-refractivity contribution < 1.29 is 23.2 Å². The minimum Gasteiger partial charge on any atom is -0.395 e. The van der Waals surface area contributed by atoms with Crippen LogP contribution in [0.3, 0.4) is 0 Å². The van der Waals surface area contributed by atoms with E-state index in [2.05, 4.69) is 4.98 Å². The predicted octanol–water partition coefficient (Wildman–Crippen LogP) is 1.96. The van der Waals surface area contributed by atoms with Crippen LogP contribution in [0, 0.1) is 24.0 Å². The minimum atomic E-state index is -4.42. The van der Waals surface area contributed by atoms with E-state index in [9.17, 15) is 23.3 Å². The van der Waals surface area contributed by atoms with Gasteiger partial charge in [0.05, 0.1) is 23.8 Å². The molecule has 1 aromatic heterocycles. The van der Waals surface area contributed by atoms with Gasteiger partial charge in [-0.15, -0.1) is 0 Å². The van der Waals surface area contributed by atoms with Crippen molar-refractivity contribution in [1.29, 1.82) is 0 Å². The highest BCUT2D eigenvalue weighted by Gasteiger charge is 2.31. The SMILES string of the molecule is Cc1cnc(CN(CCO)CC(F)(F)F)c(C)c1[N+](=O)[O-]. The molecule has 1 rings (SSSR count). The van der Waals surface area contributed by atoms with Crippen LogP contribution in [0.5, 0.6) is 0 Å². The highest BCUT2D eigenvalue weighted by Crippen LogP contribution is 2.25. The lowest BCUT2D eigenvalue weighted by molar-refractivity contribution is -0.386. The zero-order valence-corrected chi connectivity index (χ0v) is 11.6. The van der Waals surface area contributed by atoms with E-state index in [1.165, 1.54) is 20.0 Å². The summed E-state index contributed by atoms with van der Waals surface area (Å²) in [6.07, 6.45) is -3.15. The van der Waals surface area contributed by atoms with Crippen molar-refractivity contribution in [3.8, 4) is 0 Å². The molecule has 0 atom stereocenters. The Hall–Kier alpha value is -1.74. The van der Waals surface area contributed by atoms with Gasteiger partial charge >= 0.3 is 6.18 Å². The van der Waals surface area contributed by atoms with E-state index in [1.54, 1.807) is 0 Å². The van der Waals surface area contributed by atoms with Crippen LogP contribution < -0.4 is 0 Å². The third-order valence-electron chi connectivity index (χ3n) is 2.95. The highest BCUT2D eigenvalue weighted by molar-refractivity contribution is 5.47. The molecule has 1 heterocycles. The molecule has 118 valence electrons. The minimum absolute atomic E-state index is 0.143. The summed E-state index contributed by atoms with van der Waals surface area (Å²) in [5.74, 6) is 0. The van der Waals surface area contributed by atoms with Crippen LogP contribution in [0.1, 0.15) is 16.8 Å². The Morgan fingerprint density at radius 1 is 1.43 bits per heavy atom. The quantitative estimate of drug-likeness (QED) is 0.642. The predicted molar refractivity (Wildman–Crippen MR) is 68.8 cm³/mol. The first kappa shape index (κ1) is 17.3. The molecule has 21 heavy (non-hydrogen) atoms. The maximum absolute atomic E-state index is 12.5. The van der Waals surface area contributed by atoms with E-state index >= 15 is 0 Å². The fourth-order valence-electron chi connectivity index (χ4n) is 2.03. The van der Waals surface area contributed by atoms with Crippen LogP contribution >= 0.6 is 0 Å². The molecule has 0 fully saturated rings. The molecule has 0 amide bonds. The van der Waals surface area contributed by atoms with Gasteiger partial charge in [-0.05, 0) is 13.8 Å². The molecule has 0 aliphatic rings. The first-order valence-corrected chi connectivity index (χ1v) is 6.15. The Morgan fingerprint density at radius 3 is 2.52 bits per heavy atom. The molecular weight excluding hydrogens is 291 g/mol. The zero-order chi connectivity index (χ0) is 16.2. The van der Waals surface area contributed by atoms with Gasteiger partial charge in [-0.1, -0.05) is 0 Å². The molecule has 0 unspecified atom stereocenters. The number of pyridine rings is 1. The van der Waals surface area contributed by atoms with Crippen molar-refractivity contribution in [2.45, 2.75) is 26.6 Å². The Balaban J connectivity index is 3.04. The molecule has 0 aromatic carbocycles. The van der Waals surface area contributed by atoms with Gasteiger partial charge in [0, 0.05) is 30.4 Å². The number of aliphatic hydroxyl groups excluding tert-OH is 1. The molecule has 0 saturated heterocycles. The molecule has 1 aromatic rings. The summed E-state index contributed by atoms with van der Waals surface area (Å²) in [6, 6.07) is 0. The highest BCUT2D eigenvalue weighted by atomic mass is 19.4. The second-order valence-electron chi connectivity index (χ2n) is 4.67. The van der Waals surface area contributed by atoms with E-state index in [1.807, 2.05) is 0 Å². The van der Waals surface area contributed by atoms with Gasteiger partial charge in [-0.3, -0.25) is 20.0 Å². The number of aromatic nitrogens is 1. The molecule has 0 bridgehead atoms. The Labute approximate surface area is 119 Å². The van der Waals surface area contributed by atoms with E-state index in [-0.39, 0.29) is 30.0 Å². The Kier molecular flexibility index (Phi) is 5.62. The zero-order valence-electron chi connectivity index (χ0n) is 11.6. The summed E-state index contributed by atoms with van der Waals surface area (Å²) >= 11 is 0. The van der Waals surface area contributed by atoms with Crippen LogP contribution in [0.15, 0.2) is 6.20 Å². The number of nitrogens with zero attached hydrogens (tertiary/aromatic N) is 3. The average molecular weight is 307 g/mol. The van der Waals surface area contributed by atoms with Gasteiger partial charge in [0.15, 0.2) is 0 Å². The maximum Gasteiger partial charge on any atom is 0.401 e. The van der Waals surface area contributed by atoms with Crippen LogP contribution in [0.25, 0.3) is 0 Å². The summed E-state index contributed by atoms with van der Waals surface area (Å²) < 4.78 is 37.4. The monoisotopic (exact) mass is 307 g/mol. The third-order valence-corrected chi connectivity index (χ3v) is 2.95. The van der Waals surface area contributed by atoms with Crippen molar-refractivity contribution in [2.75, 3.05) is 19.7 Å². The smallest absolute Gasteiger partial charge is 0.395 e. The number of nitro groups is 1. The number of rotatable bonds is 6. The molecule has 9 heteroatoms. The van der Waals surface area contributed by atoms with Crippen molar-refractivity contribution in [2.24, 2.45) is 0 Å². The Morgan fingerprint density at radius 2 is 2.05 bits per heavy atom. The maximum atomic E-state index is 12.5. The molecular formula is C12H16F3N3O3. The molecule has 0 saturated carbocycles. The van der Waals surface area contributed by atoms with Crippen LogP contribution in [-0.2, 0) is 6.54 Å². The van der Waals surface area contributed by atoms with Crippen LogP contribution in [0.2, 0.25) is 0 Å². The van der Waals surface area contributed by atoms with Gasteiger partial charge in [0.2, 0.25) is 0 Å². The van der Waals surface area contributed by atoms with Gasteiger partial charge in [0.1, 0.15) is 0 Å². The van der Waals surface area contributed by atoms with Crippen molar-refractivity contribution in [1.82, 2.24) is 9.88 Å². The number of alkyl halides is 3. The molecule has 0 spiro atoms. The second kappa shape index (κ2) is 6.81. The molecule has 6 nitrogen and oxygen atoms in total. The van der Waals surface area contributed by atoms with Gasteiger partial charge in [-0.25, -0.2) is 0 Å². The number of halogens is 3. The number of aliphatic hydroxyl groups is 1. The lowest BCUT2D eigenvalue weighted by atomic mass is 10.1. The topological polar surface area (TPSA) is 79.5 Å². The molecule has 1 N–H and O–H groups in total.